The van der Waals surface area contributed by atoms with Crippen LogP contribution in [-0.2, 0) is 0 Å². The van der Waals surface area contributed by atoms with Gasteiger partial charge in [-0.1, -0.05) is 18.2 Å². The van der Waals surface area contributed by atoms with Crippen LogP contribution < -0.4 is 16.3 Å². The Morgan fingerprint density at radius 3 is 2.50 bits per heavy atom. The van der Waals surface area contributed by atoms with Crippen molar-refractivity contribution in [3.05, 3.63) is 40.4 Å². The molecule has 2 amide bonds. The van der Waals surface area contributed by atoms with Crippen LogP contribution >= 0.6 is 0 Å². The lowest BCUT2D eigenvalue weighted by atomic mass is 10.3. The summed E-state index contributed by atoms with van der Waals surface area (Å²) in [7, 11) is 0. The van der Waals surface area contributed by atoms with Gasteiger partial charge in [-0.15, -0.1) is 0 Å². The molecular weight excluding hydrogens is 188 g/mol. The smallest absolute Gasteiger partial charge is 0.241 e. The number of hydrogen-bond acceptors (Lipinski definition) is 4. The maximum atomic E-state index is 11.0. The number of rotatable bonds is 2. The third kappa shape index (κ3) is 2.42. The van der Waals surface area contributed by atoms with E-state index in [4.69, 9.17) is 5.84 Å². The Labute approximate surface area is 79.2 Å². The van der Waals surface area contributed by atoms with E-state index in [1.807, 2.05) is 0 Å². The molecule has 3 N–H and O–H groups in total. The van der Waals surface area contributed by atoms with E-state index in [0.29, 0.717) is 10.7 Å². The van der Waals surface area contributed by atoms with Crippen molar-refractivity contribution in [3.63, 3.8) is 0 Å². The summed E-state index contributed by atoms with van der Waals surface area (Å²) in [6.07, 6.45) is 0. The minimum atomic E-state index is -0.999. The molecule has 1 aromatic carbocycles. The van der Waals surface area contributed by atoms with Gasteiger partial charge >= 0.3 is 6.03 Å². The average Bonchev–Trinajstić information content (AvgIpc) is 2.17. The highest BCUT2D eigenvalue weighted by Crippen LogP contribution is 2.08. The first-order chi connectivity index (χ1) is 6.61. The second-order valence-corrected chi connectivity index (χ2v) is 2.38. The van der Waals surface area contributed by atoms with Gasteiger partial charge in [-0.05, 0) is 17.6 Å². The minimum absolute atomic E-state index is 0.367. The lowest BCUT2D eigenvalue weighted by Gasteiger charge is -2.13. The number of nitrogens with one attached hydrogen (secondary N) is 1. The molecule has 0 heterocycles. The third-order valence-electron chi connectivity index (χ3n) is 1.44. The number of benzene rings is 1. The zero-order valence-electron chi connectivity index (χ0n) is 7.08. The first-order valence-corrected chi connectivity index (χ1v) is 3.66. The van der Waals surface area contributed by atoms with Crippen molar-refractivity contribution in [1.82, 2.24) is 5.43 Å². The summed E-state index contributed by atoms with van der Waals surface area (Å²) in [4.78, 5) is 20.9. The molecule has 7 heteroatoms. The molecular formula is C7H8N4O3. The number of para-hydroxylation sites is 1. The van der Waals surface area contributed by atoms with Crippen LogP contribution in [0.4, 0.5) is 10.5 Å². The summed E-state index contributed by atoms with van der Waals surface area (Å²) in [6.45, 7) is 0. The van der Waals surface area contributed by atoms with Gasteiger partial charge in [-0.25, -0.2) is 25.8 Å². The summed E-state index contributed by atoms with van der Waals surface area (Å²) < 4.78 is 0. The first-order valence-electron chi connectivity index (χ1n) is 3.66. The highest BCUT2D eigenvalue weighted by Gasteiger charge is 2.15. The fourth-order valence-corrected chi connectivity index (χ4v) is 0.838. The van der Waals surface area contributed by atoms with Crippen LogP contribution in [0.3, 0.4) is 0 Å². The summed E-state index contributed by atoms with van der Waals surface area (Å²) in [5.74, 6) is 5.30. The maximum absolute atomic E-state index is 11.0. The molecule has 1 rings (SSSR count). The number of hydrogen-bond donors (Lipinski definition) is 2. The lowest BCUT2D eigenvalue weighted by molar-refractivity contribution is -0.527. The molecule has 14 heavy (non-hydrogen) atoms. The molecule has 0 aliphatic carbocycles. The molecule has 7 nitrogen and oxygen atoms in total. The average molecular weight is 196 g/mol. The number of anilines is 1. The maximum Gasteiger partial charge on any atom is 0.394 e. The van der Waals surface area contributed by atoms with E-state index in [2.05, 4.69) is 0 Å². The number of nitro groups is 1. The Balaban J connectivity index is 2.71. The van der Waals surface area contributed by atoms with Gasteiger partial charge in [0, 0.05) is 0 Å². The Morgan fingerprint density at radius 1 is 1.43 bits per heavy atom. The van der Waals surface area contributed by atoms with Crippen molar-refractivity contribution >= 4 is 11.7 Å². The van der Waals surface area contributed by atoms with E-state index in [1.165, 1.54) is 5.43 Å². The largest absolute Gasteiger partial charge is 0.394 e. The van der Waals surface area contributed by atoms with Crippen LogP contribution in [0, 0.1) is 10.1 Å². The van der Waals surface area contributed by atoms with Crippen molar-refractivity contribution in [2.24, 2.45) is 5.84 Å². The van der Waals surface area contributed by atoms with Gasteiger partial charge < -0.3 is 0 Å². The van der Waals surface area contributed by atoms with E-state index in [9.17, 15) is 14.9 Å². The van der Waals surface area contributed by atoms with Gasteiger partial charge in [0.15, 0.2) is 5.03 Å². The third-order valence-corrected chi connectivity index (χ3v) is 1.44. The molecule has 0 aliphatic rings. The van der Waals surface area contributed by atoms with Gasteiger partial charge in [-0.3, -0.25) is 0 Å². The first kappa shape index (κ1) is 9.93. The quantitative estimate of drug-likeness (QED) is 0.306. The number of nitrogens with two attached hydrogens (primary N) is 1. The molecule has 0 atom stereocenters. The van der Waals surface area contributed by atoms with Crippen LogP contribution in [0.2, 0.25) is 0 Å². The molecule has 0 fully saturated rings. The number of nitrogens with zero attached hydrogens (tertiary/aromatic N) is 2. The van der Waals surface area contributed by atoms with Crippen LogP contribution in [0.1, 0.15) is 0 Å². The molecule has 0 unspecified atom stereocenters. The number of carbonyl (C=O) groups is 1. The van der Waals surface area contributed by atoms with E-state index >= 15 is 0 Å². The summed E-state index contributed by atoms with van der Waals surface area (Å²) in [6, 6.07) is 7.17. The van der Waals surface area contributed by atoms with Crippen molar-refractivity contribution < 1.29 is 9.83 Å². The molecule has 1 aromatic rings. The van der Waals surface area contributed by atoms with Crippen LogP contribution in [0.5, 0.6) is 0 Å². The zero-order valence-corrected chi connectivity index (χ0v) is 7.08. The molecule has 0 saturated carbocycles. The van der Waals surface area contributed by atoms with E-state index < -0.39 is 11.1 Å². The normalized spacial score (nSPS) is 9.21. The van der Waals surface area contributed by atoms with Gasteiger partial charge in [0.05, 0.1) is 5.69 Å². The monoisotopic (exact) mass is 196 g/mol. The van der Waals surface area contributed by atoms with Crippen LogP contribution in [0.15, 0.2) is 30.3 Å². The van der Waals surface area contributed by atoms with E-state index in [-0.39, 0.29) is 0 Å². The fraction of sp³-hybridized carbons (Fsp3) is 0. The van der Waals surface area contributed by atoms with Gasteiger partial charge in [0.25, 0.3) is 0 Å². The number of carbonyl (C=O) groups excluding carboxylic acids is 1. The zero-order chi connectivity index (χ0) is 10.6. The highest BCUT2D eigenvalue weighted by molar-refractivity contribution is 5.89. The Hall–Kier alpha value is -2.15. The standard InChI is InChI=1S/C7H8N4O3/c8-10(7(12)9-11(13)14)6-4-2-1-3-5-6/h1-5H,8H2,(H,9,12). The Morgan fingerprint density at radius 2 is 2.00 bits per heavy atom. The second kappa shape index (κ2) is 4.19. The topological polar surface area (TPSA) is 102 Å². The molecule has 0 radical (unpaired) electrons. The molecule has 0 spiro atoms. The summed E-state index contributed by atoms with van der Waals surface area (Å²) in [5.41, 5.74) is 1.79. The van der Waals surface area contributed by atoms with Crippen molar-refractivity contribution in [1.29, 1.82) is 0 Å². The van der Waals surface area contributed by atoms with Crippen molar-refractivity contribution in [3.8, 4) is 0 Å². The molecule has 0 saturated heterocycles. The summed E-state index contributed by atoms with van der Waals surface area (Å²) >= 11 is 0. The van der Waals surface area contributed by atoms with Crippen LogP contribution in [-0.4, -0.2) is 11.1 Å². The fourth-order valence-electron chi connectivity index (χ4n) is 0.838. The van der Waals surface area contributed by atoms with Gasteiger partial charge in [0.1, 0.15) is 0 Å². The number of amides is 2. The van der Waals surface area contributed by atoms with Crippen LogP contribution in [0.25, 0.3) is 0 Å². The van der Waals surface area contributed by atoms with Gasteiger partial charge in [-0.2, -0.15) is 0 Å². The SMILES string of the molecule is NN(C(=O)N[N+](=O)[O-])c1ccccc1. The lowest BCUT2D eigenvalue weighted by Crippen LogP contribution is -2.46. The summed E-state index contributed by atoms with van der Waals surface area (Å²) in [5, 5.41) is 9.63. The Kier molecular flexibility index (Phi) is 2.97. The predicted octanol–water partition coefficient (Wildman–Crippen LogP) is 0.268. The van der Waals surface area contributed by atoms with Crippen molar-refractivity contribution in [2.45, 2.75) is 0 Å². The molecule has 74 valence electrons. The van der Waals surface area contributed by atoms with Crippen molar-refractivity contribution in [2.75, 3.05) is 5.01 Å². The van der Waals surface area contributed by atoms with Gasteiger partial charge in [0.2, 0.25) is 0 Å². The number of hydrazine groups is 2. The minimum Gasteiger partial charge on any atom is -0.241 e. The number of urea groups is 1. The predicted molar refractivity (Wildman–Crippen MR) is 48.6 cm³/mol. The van der Waals surface area contributed by atoms with E-state index in [1.54, 1.807) is 30.3 Å². The molecule has 0 aliphatic heterocycles. The highest BCUT2D eigenvalue weighted by atomic mass is 16.7. The Bertz CT molecular complexity index is 340. The molecule has 0 aromatic heterocycles. The second-order valence-electron chi connectivity index (χ2n) is 2.38. The molecule has 0 bridgehead atoms. The van der Waals surface area contributed by atoms with E-state index in [0.717, 1.165) is 0 Å².